The molecule has 0 N–H and O–H groups in total. The summed E-state index contributed by atoms with van der Waals surface area (Å²) >= 11 is 0. The third kappa shape index (κ3) is 5.30. The van der Waals surface area contributed by atoms with Crippen molar-refractivity contribution in [2.75, 3.05) is 21.3 Å². The molecule has 0 heterocycles. The number of hydrogen-bond acceptors (Lipinski definition) is 6. The van der Waals surface area contributed by atoms with Gasteiger partial charge in [0.05, 0.1) is 21.3 Å². The smallest absolute Gasteiger partial charge is 0.347 e. The summed E-state index contributed by atoms with van der Waals surface area (Å²) in [5, 5.41) is 0. The van der Waals surface area contributed by atoms with Gasteiger partial charge in [0.2, 0.25) is 0 Å². The van der Waals surface area contributed by atoms with Gasteiger partial charge in [0.25, 0.3) is 0 Å². The van der Waals surface area contributed by atoms with E-state index in [1.807, 2.05) is 6.07 Å². The molecule has 0 fully saturated rings. The molecule has 3 rings (SSSR count). The highest BCUT2D eigenvalue weighted by atomic mass is 16.5. The first kappa shape index (κ1) is 21.6. The molecule has 3 aromatic rings. The molecule has 0 saturated heterocycles. The molecule has 158 valence electrons. The number of methoxy groups -OCH3 is 3. The molecule has 0 aliphatic heterocycles. The molecule has 31 heavy (non-hydrogen) atoms. The van der Waals surface area contributed by atoms with E-state index >= 15 is 0 Å². The van der Waals surface area contributed by atoms with E-state index < -0.39 is 5.97 Å². The molecule has 0 radical (unpaired) electrons. The minimum atomic E-state index is -0.537. The SMILES string of the molecule is COc1ccc(/C=C/C(=O)c2ccc(OC(=O)c3ccccc3OC)cc2)cc1OC. The van der Waals surface area contributed by atoms with Gasteiger partial charge in [-0.1, -0.05) is 24.3 Å². The Balaban J connectivity index is 1.67. The lowest BCUT2D eigenvalue weighted by Crippen LogP contribution is -2.10. The summed E-state index contributed by atoms with van der Waals surface area (Å²) < 4.78 is 21.0. The fourth-order valence-electron chi connectivity index (χ4n) is 2.89. The Morgan fingerprint density at radius 2 is 1.42 bits per heavy atom. The van der Waals surface area contributed by atoms with Crippen LogP contribution in [-0.4, -0.2) is 33.1 Å². The molecule has 0 bridgehead atoms. The Labute approximate surface area is 180 Å². The second-order valence-electron chi connectivity index (χ2n) is 6.43. The van der Waals surface area contributed by atoms with E-state index in [1.54, 1.807) is 81.0 Å². The van der Waals surface area contributed by atoms with Crippen molar-refractivity contribution >= 4 is 17.8 Å². The first-order valence-electron chi connectivity index (χ1n) is 9.45. The van der Waals surface area contributed by atoms with E-state index in [2.05, 4.69) is 0 Å². The van der Waals surface area contributed by atoms with Crippen molar-refractivity contribution in [3.63, 3.8) is 0 Å². The minimum absolute atomic E-state index is 0.183. The van der Waals surface area contributed by atoms with Gasteiger partial charge in [0.15, 0.2) is 17.3 Å². The number of benzene rings is 3. The van der Waals surface area contributed by atoms with Crippen LogP contribution in [0.5, 0.6) is 23.0 Å². The summed E-state index contributed by atoms with van der Waals surface area (Å²) in [5.41, 5.74) is 1.59. The molecule has 3 aromatic carbocycles. The van der Waals surface area contributed by atoms with Gasteiger partial charge >= 0.3 is 5.97 Å². The molecular weight excluding hydrogens is 396 g/mol. The molecule has 0 aliphatic rings. The summed E-state index contributed by atoms with van der Waals surface area (Å²) in [5.74, 6) is 1.24. The van der Waals surface area contributed by atoms with E-state index in [4.69, 9.17) is 18.9 Å². The molecule has 0 saturated carbocycles. The number of carbonyl (C=O) groups excluding carboxylic acids is 2. The first-order valence-corrected chi connectivity index (χ1v) is 9.45. The monoisotopic (exact) mass is 418 g/mol. The van der Waals surface area contributed by atoms with Gasteiger partial charge < -0.3 is 18.9 Å². The van der Waals surface area contributed by atoms with Crippen LogP contribution in [0, 0.1) is 0 Å². The second kappa shape index (κ2) is 10.1. The van der Waals surface area contributed by atoms with Crippen LogP contribution in [0.15, 0.2) is 72.8 Å². The quantitative estimate of drug-likeness (QED) is 0.226. The van der Waals surface area contributed by atoms with E-state index in [0.717, 1.165) is 5.56 Å². The van der Waals surface area contributed by atoms with E-state index in [0.29, 0.717) is 34.1 Å². The van der Waals surface area contributed by atoms with Crippen LogP contribution >= 0.6 is 0 Å². The zero-order valence-corrected chi connectivity index (χ0v) is 17.5. The first-order chi connectivity index (χ1) is 15.0. The van der Waals surface area contributed by atoms with E-state index in [1.165, 1.54) is 13.2 Å². The number of esters is 1. The Morgan fingerprint density at radius 1 is 0.742 bits per heavy atom. The molecule has 0 unspecified atom stereocenters. The number of ketones is 1. The summed E-state index contributed by atoms with van der Waals surface area (Å²) in [6.45, 7) is 0. The maximum absolute atomic E-state index is 12.5. The van der Waals surface area contributed by atoms with Gasteiger partial charge in [-0.05, 0) is 60.2 Å². The number of allylic oxidation sites excluding steroid dienone is 1. The summed E-state index contributed by atoms with van der Waals surface area (Å²) in [4.78, 5) is 24.8. The number of para-hydroxylation sites is 1. The molecular formula is C25H22O6. The highest BCUT2D eigenvalue weighted by Crippen LogP contribution is 2.28. The lowest BCUT2D eigenvalue weighted by molar-refractivity contribution is 0.0731. The molecule has 0 amide bonds. The number of rotatable bonds is 8. The molecule has 0 aromatic heterocycles. The van der Waals surface area contributed by atoms with Crippen LogP contribution in [0.25, 0.3) is 6.08 Å². The van der Waals surface area contributed by atoms with Gasteiger partial charge in [-0.2, -0.15) is 0 Å². The van der Waals surface area contributed by atoms with Crippen LogP contribution in [0.3, 0.4) is 0 Å². The largest absolute Gasteiger partial charge is 0.496 e. The number of hydrogen-bond donors (Lipinski definition) is 0. The summed E-state index contributed by atoms with van der Waals surface area (Å²) in [7, 11) is 4.61. The Kier molecular flexibility index (Phi) is 7.06. The van der Waals surface area contributed by atoms with E-state index in [-0.39, 0.29) is 5.78 Å². The fraction of sp³-hybridized carbons (Fsp3) is 0.120. The number of carbonyl (C=O) groups is 2. The normalized spacial score (nSPS) is 10.5. The summed E-state index contributed by atoms with van der Waals surface area (Å²) in [6.07, 6.45) is 3.16. The van der Waals surface area contributed by atoms with E-state index in [9.17, 15) is 9.59 Å². The Morgan fingerprint density at radius 3 is 2.10 bits per heavy atom. The molecule has 0 spiro atoms. The molecule has 0 atom stereocenters. The predicted octanol–water partition coefficient (Wildman–Crippen LogP) is 4.83. The third-order valence-electron chi connectivity index (χ3n) is 4.51. The van der Waals surface area contributed by atoms with Crippen molar-refractivity contribution in [2.24, 2.45) is 0 Å². The molecule has 0 aliphatic carbocycles. The standard InChI is InChI=1S/C25H22O6/c1-28-22-7-5-4-6-20(22)25(27)31-19-12-10-18(11-13-19)21(26)14-8-17-9-15-23(29-2)24(16-17)30-3/h4-16H,1-3H3/b14-8+. The Hall–Kier alpha value is -4.06. The van der Waals surface area contributed by atoms with Gasteiger partial charge in [0, 0.05) is 5.56 Å². The van der Waals surface area contributed by atoms with Crippen molar-refractivity contribution in [3.05, 3.63) is 89.5 Å². The van der Waals surface area contributed by atoms with Crippen LogP contribution < -0.4 is 18.9 Å². The van der Waals surface area contributed by atoms with Gasteiger partial charge in [0.1, 0.15) is 17.1 Å². The van der Waals surface area contributed by atoms with Gasteiger partial charge in [-0.3, -0.25) is 4.79 Å². The molecule has 6 heteroatoms. The fourth-order valence-corrected chi connectivity index (χ4v) is 2.89. The van der Waals surface area contributed by atoms with Crippen LogP contribution in [0.2, 0.25) is 0 Å². The maximum atomic E-state index is 12.5. The van der Waals surface area contributed by atoms with Crippen molar-refractivity contribution in [2.45, 2.75) is 0 Å². The Bertz CT molecular complexity index is 1100. The highest BCUT2D eigenvalue weighted by molar-refractivity contribution is 6.07. The summed E-state index contributed by atoms with van der Waals surface area (Å²) in [6, 6.07) is 18.5. The third-order valence-corrected chi connectivity index (χ3v) is 4.51. The minimum Gasteiger partial charge on any atom is -0.496 e. The average molecular weight is 418 g/mol. The second-order valence-corrected chi connectivity index (χ2v) is 6.43. The van der Waals surface area contributed by atoms with Crippen molar-refractivity contribution in [1.82, 2.24) is 0 Å². The zero-order valence-electron chi connectivity index (χ0n) is 17.5. The number of ether oxygens (including phenoxy) is 4. The van der Waals surface area contributed by atoms with Crippen LogP contribution in [-0.2, 0) is 0 Å². The lowest BCUT2D eigenvalue weighted by Gasteiger charge is -2.08. The molecule has 6 nitrogen and oxygen atoms in total. The lowest BCUT2D eigenvalue weighted by atomic mass is 10.1. The van der Waals surface area contributed by atoms with Gasteiger partial charge in [-0.15, -0.1) is 0 Å². The van der Waals surface area contributed by atoms with Crippen LogP contribution in [0.4, 0.5) is 0 Å². The van der Waals surface area contributed by atoms with Gasteiger partial charge in [-0.25, -0.2) is 4.79 Å². The van der Waals surface area contributed by atoms with Crippen molar-refractivity contribution in [3.8, 4) is 23.0 Å². The highest BCUT2D eigenvalue weighted by Gasteiger charge is 2.14. The van der Waals surface area contributed by atoms with Crippen molar-refractivity contribution < 1.29 is 28.5 Å². The average Bonchev–Trinajstić information content (AvgIpc) is 2.82. The zero-order chi connectivity index (χ0) is 22.2. The maximum Gasteiger partial charge on any atom is 0.347 e. The predicted molar refractivity (Wildman–Crippen MR) is 117 cm³/mol. The topological polar surface area (TPSA) is 71.1 Å². The van der Waals surface area contributed by atoms with Crippen LogP contribution in [0.1, 0.15) is 26.3 Å². The van der Waals surface area contributed by atoms with Crippen molar-refractivity contribution in [1.29, 1.82) is 0 Å².